The predicted molar refractivity (Wildman–Crippen MR) is 93.9 cm³/mol. The molecule has 23 heavy (non-hydrogen) atoms. The third-order valence-corrected chi connectivity index (χ3v) is 4.33. The van der Waals surface area contributed by atoms with Crippen molar-refractivity contribution in [3.05, 3.63) is 58.6 Å². The van der Waals surface area contributed by atoms with E-state index in [1.165, 1.54) is 0 Å². The van der Waals surface area contributed by atoms with Gasteiger partial charge in [0.2, 0.25) is 0 Å². The summed E-state index contributed by atoms with van der Waals surface area (Å²) >= 11 is 3.37. The van der Waals surface area contributed by atoms with E-state index in [0.29, 0.717) is 17.8 Å². The fourth-order valence-electron chi connectivity index (χ4n) is 2.44. The van der Waals surface area contributed by atoms with Crippen molar-refractivity contribution in [2.75, 3.05) is 23.3 Å². The maximum atomic E-state index is 12.3. The van der Waals surface area contributed by atoms with E-state index in [9.17, 15) is 9.59 Å². The number of amides is 3. The fourth-order valence-corrected chi connectivity index (χ4v) is 2.91. The molecule has 3 amide bonds. The van der Waals surface area contributed by atoms with Crippen LogP contribution >= 0.6 is 15.9 Å². The number of benzene rings is 2. The van der Waals surface area contributed by atoms with Crippen LogP contribution in [0.5, 0.6) is 0 Å². The first-order valence-corrected chi connectivity index (χ1v) is 8.16. The van der Waals surface area contributed by atoms with Gasteiger partial charge in [-0.2, -0.15) is 0 Å². The first-order valence-electron chi connectivity index (χ1n) is 7.36. The summed E-state index contributed by atoms with van der Waals surface area (Å²) in [6.45, 7) is 1.42. The minimum Gasteiger partial charge on any atom is -0.338 e. The molecule has 0 bridgehead atoms. The largest absolute Gasteiger partial charge is 0.338 e. The minimum atomic E-state index is -0.180. The Morgan fingerprint density at radius 3 is 2.57 bits per heavy atom. The topological polar surface area (TPSA) is 61.4 Å². The zero-order chi connectivity index (χ0) is 16.2. The van der Waals surface area contributed by atoms with Gasteiger partial charge in [0.1, 0.15) is 0 Å². The van der Waals surface area contributed by atoms with Gasteiger partial charge in [-0.3, -0.25) is 9.69 Å². The van der Waals surface area contributed by atoms with Crippen LogP contribution in [0, 0.1) is 0 Å². The predicted octanol–water partition coefficient (Wildman–Crippen LogP) is 3.62. The Kier molecular flexibility index (Phi) is 4.62. The molecule has 1 saturated heterocycles. The van der Waals surface area contributed by atoms with Gasteiger partial charge in [0, 0.05) is 28.9 Å². The normalized spacial score (nSPS) is 14.3. The van der Waals surface area contributed by atoms with Crippen molar-refractivity contribution in [1.29, 1.82) is 0 Å². The zero-order valence-corrected chi connectivity index (χ0v) is 14.0. The summed E-state index contributed by atoms with van der Waals surface area (Å²) in [5, 5.41) is 5.67. The van der Waals surface area contributed by atoms with Crippen molar-refractivity contribution in [2.45, 2.75) is 6.42 Å². The highest BCUT2D eigenvalue weighted by atomic mass is 79.9. The highest BCUT2D eigenvalue weighted by molar-refractivity contribution is 9.10. The van der Waals surface area contributed by atoms with Crippen LogP contribution in [0.15, 0.2) is 53.0 Å². The van der Waals surface area contributed by atoms with Gasteiger partial charge in [-0.25, -0.2) is 4.79 Å². The number of halogens is 1. The number of anilines is 2. The van der Waals surface area contributed by atoms with E-state index in [4.69, 9.17) is 0 Å². The molecule has 1 fully saturated rings. The summed E-state index contributed by atoms with van der Waals surface area (Å²) in [7, 11) is 0. The lowest BCUT2D eigenvalue weighted by Crippen LogP contribution is -2.46. The standard InChI is InChI=1S/C17H16BrN3O2/c18-15-5-2-1-4-14(15)16(22)20-12-6-8-13(9-7-12)21-11-3-10-19-17(21)23/h1-2,4-9H,3,10-11H2,(H,19,23)(H,20,22). The van der Waals surface area contributed by atoms with Crippen LogP contribution in [-0.4, -0.2) is 25.0 Å². The lowest BCUT2D eigenvalue weighted by molar-refractivity contribution is 0.102. The number of nitrogens with zero attached hydrogens (tertiary/aromatic N) is 1. The Bertz CT molecular complexity index is 731. The second kappa shape index (κ2) is 6.83. The van der Waals surface area contributed by atoms with E-state index in [1.807, 2.05) is 30.3 Å². The summed E-state index contributed by atoms with van der Waals surface area (Å²) < 4.78 is 0.749. The number of carbonyl (C=O) groups is 2. The lowest BCUT2D eigenvalue weighted by atomic mass is 10.2. The van der Waals surface area contributed by atoms with E-state index < -0.39 is 0 Å². The van der Waals surface area contributed by atoms with E-state index >= 15 is 0 Å². The van der Waals surface area contributed by atoms with Crippen molar-refractivity contribution in [3.8, 4) is 0 Å². The maximum Gasteiger partial charge on any atom is 0.321 e. The minimum absolute atomic E-state index is 0.0822. The van der Waals surface area contributed by atoms with Gasteiger partial charge in [0.05, 0.1) is 5.56 Å². The van der Waals surface area contributed by atoms with Gasteiger partial charge in [-0.1, -0.05) is 12.1 Å². The molecule has 0 aromatic heterocycles. The van der Waals surface area contributed by atoms with Gasteiger partial charge in [-0.05, 0) is 58.7 Å². The molecular weight excluding hydrogens is 358 g/mol. The van der Waals surface area contributed by atoms with Crippen molar-refractivity contribution in [2.24, 2.45) is 0 Å². The molecule has 0 saturated carbocycles. The molecule has 1 aliphatic rings. The third-order valence-electron chi connectivity index (χ3n) is 3.64. The molecule has 0 spiro atoms. The van der Waals surface area contributed by atoms with Crippen LogP contribution in [0.2, 0.25) is 0 Å². The molecule has 2 aromatic rings. The molecule has 1 heterocycles. The summed E-state index contributed by atoms with van der Waals surface area (Å²) in [5.74, 6) is -0.180. The molecular formula is C17H16BrN3O2. The summed E-state index contributed by atoms with van der Waals surface area (Å²) in [5.41, 5.74) is 2.08. The van der Waals surface area contributed by atoms with Crippen LogP contribution in [0.25, 0.3) is 0 Å². The number of nitrogens with one attached hydrogen (secondary N) is 2. The Morgan fingerprint density at radius 2 is 1.87 bits per heavy atom. The molecule has 5 nitrogen and oxygen atoms in total. The highest BCUT2D eigenvalue weighted by Crippen LogP contribution is 2.21. The molecule has 0 radical (unpaired) electrons. The van der Waals surface area contributed by atoms with Gasteiger partial charge >= 0.3 is 6.03 Å². The van der Waals surface area contributed by atoms with Gasteiger partial charge < -0.3 is 10.6 Å². The number of rotatable bonds is 3. The van der Waals surface area contributed by atoms with E-state index in [0.717, 1.165) is 23.1 Å². The highest BCUT2D eigenvalue weighted by Gasteiger charge is 2.19. The van der Waals surface area contributed by atoms with Crippen LogP contribution in [-0.2, 0) is 0 Å². The fraction of sp³-hybridized carbons (Fsp3) is 0.176. The number of hydrogen-bond donors (Lipinski definition) is 2. The molecule has 118 valence electrons. The molecule has 1 aliphatic heterocycles. The molecule has 0 unspecified atom stereocenters. The number of hydrogen-bond acceptors (Lipinski definition) is 2. The average Bonchev–Trinajstić information content (AvgIpc) is 2.56. The zero-order valence-electron chi connectivity index (χ0n) is 12.4. The molecule has 2 aromatic carbocycles. The van der Waals surface area contributed by atoms with Gasteiger partial charge in [-0.15, -0.1) is 0 Å². The summed E-state index contributed by atoms with van der Waals surface area (Å²) in [6, 6.07) is 14.4. The van der Waals surface area contributed by atoms with Gasteiger partial charge in [0.25, 0.3) is 5.91 Å². The Labute approximate surface area is 142 Å². The van der Waals surface area contributed by atoms with Crippen LogP contribution in [0.4, 0.5) is 16.2 Å². The van der Waals surface area contributed by atoms with Crippen LogP contribution in [0.1, 0.15) is 16.8 Å². The van der Waals surface area contributed by atoms with E-state index in [1.54, 1.807) is 23.1 Å². The molecule has 2 N–H and O–H groups in total. The van der Waals surface area contributed by atoms with Crippen molar-refractivity contribution in [1.82, 2.24) is 5.32 Å². The number of carbonyl (C=O) groups excluding carboxylic acids is 2. The van der Waals surface area contributed by atoms with Gasteiger partial charge in [0.15, 0.2) is 0 Å². The van der Waals surface area contributed by atoms with Crippen LogP contribution in [0.3, 0.4) is 0 Å². The summed E-state index contributed by atoms with van der Waals surface area (Å²) in [4.78, 5) is 25.8. The Hall–Kier alpha value is -2.34. The third kappa shape index (κ3) is 3.53. The maximum absolute atomic E-state index is 12.3. The first-order chi connectivity index (χ1) is 11.1. The Morgan fingerprint density at radius 1 is 1.13 bits per heavy atom. The van der Waals surface area contributed by atoms with Crippen molar-refractivity contribution in [3.63, 3.8) is 0 Å². The lowest BCUT2D eigenvalue weighted by Gasteiger charge is -2.27. The van der Waals surface area contributed by atoms with E-state index in [2.05, 4.69) is 26.6 Å². The SMILES string of the molecule is O=C(Nc1ccc(N2CCCNC2=O)cc1)c1ccccc1Br. The van der Waals surface area contributed by atoms with Crippen molar-refractivity contribution >= 4 is 39.2 Å². The number of urea groups is 1. The molecule has 0 atom stereocenters. The van der Waals surface area contributed by atoms with Crippen molar-refractivity contribution < 1.29 is 9.59 Å². The average molecular weight is 374 g/mol. The first kappa shape index (κ1) is 15.6. The smallest absolute Gasteiger partial charge is 0.321 e. The molecule has 6 heteroatoms. The second-order valence-corrected chi connectivity index (χ2v) is 6.07. The molecule has 3 rings (SSSR count). The second-order valence-electron chi connectivity index (χ2n) is 5.22. The van der Waals surface area contributed by atoms with E-state index in [-0.39, 0.29) is 11.9 Å². The quantitative estimate of drug-likeness (QED) is 0.862. The molecule has 0 aliphatic carbocycles. The monoisotopic (exact) mass is 373 g/mol. The summed E-state index contributed by atoms with van der Waals surface area (Å²) in [6.07, 6.45) is 0.923. The Balaban J connectivity index is 1.71. The van der Waals surface area contributed by atoms with Crippen LogP contribution < -0.4 is 15.5 Å².